The van der Waals surface area contributed by atoms with Crippen molar-refractivity contribution >= 4 is 28.5 Å². The lowest BCUT2D eigenvalue weighted by Crippen LogP contribution is -2.32. The molecule has 1 fully saturated rings. The fourth-order valence-corrected chi connectivity index (χ4v) is 3.45. The van der Waals surface area contributed by atoms with E-state index in [9.17, 15) is 9.59 Å². The molecule has 2 aromatic heterocycles. The third kappa shape index (κ3) is 3.33. The molecule has 0 saturated heterocycles. The molecule has 7 nitrogen and oxygen atoms in total. The largest absolute Gasteiger partial charge is 0.461 e. The molecule has 26 heavy (non-hydrogen) atoms. The van der Waals surface area contributed by atoms with E-state index in [1.54, 1.807) is 29.0 Å². The van der Waals surface area contributed by atoms with Gasteiger partial charge in [-0.2, -0.15) is 0 Å². The van der Waals surface area contributed by atoms with Crippen LogP contribution in [-0.4, -0.2) is 26.8 Å². The Hall–Kier alpha value is -2.36. The van der Waals surface area contributed by atoms with E-state index in [0.717, 1.165) is 16.4 Å². The molecule has 1 saturated carbocycles. The van der Waals surface area contributed by atoms with Crippen molar-refractivity contribution in [3.63, 3.8) is 0 Å². The van der Waals surface area contributed by atoms with Crippen LogP contribution in [0.5, 0.6) is 0 Å². The molecule has 4 rings (SSSR count). The lowest BCUT2D eigenvalue weighted by Gasteiger charge is -2.06. The second-order valence-corrected chi connectivity index (χ2v) is 7.31. The summed E-state index contributed by atoms with van der Waals surface area (Å²) in [6.45, 7) is 0.629. The van der Waals surface area contributed by atoms with Gasteiger partial charge in [-0.25, -0.2) is 9.48 Å². The van der Waals surface area contributed by atoms with Crippen LogP contribution >= 0.6 is 22.6 Å². The van der Waals surface area contributed by atoms with E-state index in [0.29, 0.717) is 30.2 Å². The van der Waals surface area contributed by atoms with Gasteiger partial charge in [0.2, 0.25) is 5.82 Å². The second-order valence-electron chi connectivity index (χ2n) is 6.14. The molecular weight excluding hydrogens is 447 g/mol. The third-order valence-corrected chi connectivity index (χ3v) is 5.19. The zero-order valence-corrected chi connectivity index (χ0v) is 16.0. The van der Waals surface area contributed by atoms with Crippen molar-refractivity contribution < 1.29 is 9.21 Å². The lowest BCUT2D eigenvalue weighted by molar-refractivity contribution is 0.0951. The van der Waals surface area contributed by atoms with Gasteiger partial charge in [-0.05, 0) is 59.7 Å². The number of aromatic nitrogens is 3. The summed E-state index contributed by atoms with van der Waals surface area (Å²) in [5.74, 6) is 0.970. The highest BCUT2D eigenvalue weighted by Crippen LogP contribution is 2.36. The van der Waals surface area contributed by atoms with E-state index in [-0.39, 0.29) is 17.6 Å². The average molecular weight is 464 g/mol. The van der Waals surface area contributed by atoms with Gasteiger partial charge in [-0.1, -0.05) is 12.1 Å². The zero-order chi connectivity index (χ0) is 18.1. The van der Waals surface area contributed by atoms with Crippen LogP contribution in [-0.2, 0) is 6.54 Å². The number of carbonyl (C=O) groups is 1. The molecule has 8 heteroatoms. The Morgan fingerprint density at radius 2 is 2.08 bits per heavy atom. The maximum Gasteiger partial charge on any atom is 0.346 e. The SMILES string of the molecule is O=C(NCCn1nc(-c2ccco2)n(C2CC2)c1=O)c1ccccc1I. The minimum Gasteiger partial charge on any atom is -0.461 e. The van der Waals surface area contributed by atoms with Crippen LogP contribution in [0.1, 0.15) is 29.2 Å². The minimum atomic E-state index is -0.164. The van der Waals surface area contributed by atoms with Gasteiger partial charge in [-0.15, -0.1) is 5.10 Å². The van der Waals surface area contributed by atoms with Gasteiger partial charge in [0.1, 0.15) is 0 Å². The topological polar surface area (TPSA) is 82.1 Å². The fraction of sp³-hybridized carbons (Fsp3) is 0.278. The molecule has 1 aliphatic carbocycles. The second kappa shape index (κ2) is 7.10. The lowest BCUT2D eigenvalue weighted by atomic mass is 10.2. The molecule has 0 unspecified atom stereocenters. The molecule has 1 N–H and O–H groups in total. The molecule has 1 amide bonds. The van der Waals surface area contributed by atoms with Gasteiger partial charge in [0.15, 0.2) is 5.76 Å². The van der Waals surface area contributed by atoms with Crippen molar-refractivity contribution in [2.75, 3.05) is 6.54 Å². The van der Waals surface area contributed by atoms with Crippen LogP contribution in [0, 0.1) is 3.57 Å². The molecule has 2 heterocycles. The van der Waals surface area contributed by atoms with Crippen molar-refractivity contribution in [1.82, 2.24) is 19.7 Å². The van der Waals surface area contributed by atoms with E-state index in [2.05, 4.69) is 33.0 Å². The fourth-order valence-electron chi connectivity index (χ4n) is 2.82. The minimum absolute atomic E-state index is 0.157. The molecule has 0 spiro atoms. The molecule has 3 aromatic rings. The summed E-state index contributed by atoms with van der Waals surface area (Å²) in [6.07, 6.45) is 3.52. The number of carbonyl (C=O) groups excluding carboxylic acids is 1. The molecule has 0 aliphatic heterocycles. The normalized spacial score (nSPS) is 13.7. The predicted octanol–water partition coefficient (Wildman–Crippen LogP) is 2.67. The van der Waals surface area contributed by atoms with Gasteiger partial charge in [-0.3, -0.25) is 9.36 Å². The highest BCUT2D eigenvalue weighted by Gasteiger charge is 2.31. The molecule has 1 aromatic carbocycles. The number of nitrogens with one attached hydrogen (secondary N) is 1. The first-order chi connectivity index (χ1) is 12.6. The van der Waals surface area contributed by atoms with Crippen molar-refractivity contribution in [3.8, 4) is 11.6 Å². The summed E-state index contributed by atoms with van der Waals surface area (Å²) in [4.78, 5) is 24.9. The smallest absolute Gasteiger partial charge is 0.346 e. The molecule has 0 atom stereocenters. The summed E-state index contributed by atoms with van der Waals surface area (Å²) in [6, 6.07) is 11.1. The molecule has 0 radical (unpaired) electrons. The number of amides is 1. The Kier molecular flexibility index (Phi) is 4.66. The van der Waals surface area contributed by atoms with Gasteiger partial charge in [0.25, 0.3) is 5.91 Å². The molecular formula is C18H17IN4O3. The van der Waals surface area contributed by atoms with Crippen LogP contribution < -0.4 is 11.0 Å². The van der Waals surface area contributed by atoms with Gasteiger partial charge < -0.3 is 9.73 Å². The van der Waals surface area contributed by atoms with Crippen molar-refractivity contribution in [2.45, 2.75) is 25.4 Å². The van der Waals surface area contributed by atoms with Gasteiger partial charge >= 0.3 is 5.69 Å². The number of halogens is 1. The first-order valence-corrected chi connectivity index (χ1v) is 9.49. The summed E-state index contributed by atoms with van der Waals surface area (Å²) in [7, 11) is 0. The predicted molar refractivity (Wildman–Crippen MR) is 104 cm³/mol. The van der Waals surface area contributed by atoms with E-state index in [1.165, 1.54) is 4.68 Å². The number of rotatable bonds is 6. The standard InChI is InChI=1S/C18H17IN4O3/c19-14-5-2-1-4-13(14)17(24)20-9-10-22-18(25)23(12-7-8-12)16(21-22)15-6-3-11-26-15/h1-6,11-12H,7-10H2,(H,20,24). The summed E-state index contributed by atoms with van der Waals surface area (Å²) >= 11 is 2.13. The summed E-state index contributed by atoms with van der Waals surface area (Å²) in [5, 5.41) is 7.27. The van der Waals surface area contributed by atoms with Crippen molar-refractivity contribution in [2.24, 2.45) is 0 Å². The Morgan fingerprint density at radius 1 is 1.27 bits per heavy atom. The zero-order valence-electron chi connectivity index (χ0n) is 13.9. The van der Waals surface area contributed by atoms with E-state index in [1.807, 2.05) is 18.2 Å². The Balaban J connectivity index is 1.49. The quantitative estimate of drug-likeness (QED) is 0.569. The number of benzene rings is 1. The summed E-state index contributed by atoms with van der Waals surface area (Å²) in [5.41, 5.74) is 0.461. The van der Waals surface area contributed by atoms with Crippen molar-refractivity contribution in [1.29, 1.82) is 0 Å². The molecule has 0 bridgehead atoms. The van der Waals surface area contributed by atoms with E-state index < -0.39 is 0 Å². The number of furan rings is 1. The molecule has 134 valence electrons. The molecule has 1 aliphatic rings. The van der Waals surface area contributed by atoms with E-state index in [4.69, 9.17) is 4.42 Å². The highest BCUT2D eigenvalue weighted by atomic mass is 127. The Labute approximate surface area is 163 Å². The van der Waals surface area contributed by atoms with Gasteiger partial charge in [0, 0.05) is 16.2 Å². The van der Waals surface area contributed by atoms with Crippen LogP contribution in [0.4, 0.5) is 0 Å². The van der Waals surface area contributed by atoms with Crippen LogP contribution in [0.2, 0.25) is 0 Å². The maximum absolute atomic E-state index is 12.7. The first kappa shape index (κ1) is 17.1. The average Bonchev–Trinajstić information content (AvgIpc) is 3.21. The first-order valence-electron chi connectivity index (χ1n) is 8.41. The maximum atomic E-state index is 12.7. The van der Waals surface area contributed by atoms with Crippen LogP contribution in [0.15, 0.2) is 51.9 Å². The third-order valence-electron chi connectivity index (χ3n) is 4.25. The summed E-state index contributed by atoms with van der Waals surface area (Å²) < 4.78 is 9.39. The van der Waals surface area contributed by atoms with Crippen LogP contribution in [0.25, 0.3) is 11.6 Å². The van der Waals surface area contributed by atoms with E-state index >= 15 is 0 Å². The number of nitrogens with zero attached hydrogens (tertiary/aromatic N) is 3. The number of hydrogen-bond donors (Lipinski definition) is 1. The Morgan fingerprint density at radius 3 is 2.77 bits per heavy atom. The Bertz CT molecular complexity index is 986. The van der Waals surface area contributed by atoms with Crippen molar-refractivity contribution in [3.05, 3.63) is 62.3 Å². The monoisotopic (exact) mass is 464 g/mol. The van der Waals surface area contributed by atoms with Gasteiger partial charge in [0.05, 0.1) is 18.4 Å². The highest BCUT2D eigenvalue weighted by molar-refractivity contribution is 14.1. The number of hydrogen-bond acceptors (Lipinski definition) is 4. The van der Waals surface area contributed by atoms with Crippen LogP contribution in [0.3, 0.4) is 0 Å².